The van der Waals surface area contributed by atoms with E-state index in [0.29, 0.717) is 6.61 Å². The summed E-state index contributed by atoms with van der Waals surface area (Å²) in [6.07, 6.45) is 0. The summed E-state index contributed by atoms with van der Waals surface area (Å²) >= 11 is 0. The van der Waals surface area contributed by atoms with E-state index >= 15 is 0 Å². The van der Waals surface area contributed by atoms with Gasteiger partial charge in [0.15, 0.2) is 0 Å². The van der Waals surface area contributed by atoms with Gasteiger partial charge in [0.1, 0.15) is 12.4 Å². The highest BCUT2D eigenvalue weighted by Gasteiger charge is 2.01. The molecular formula is C21H20O. The molecular weight excluding hydrogens is 268 g/mol. The third-order valence-electron chi connectivity index (χ3n) is 3.66. The summed E-state index contributed by atoms with van der Waals surface area (Å²) < 4.78 is 5.83. The van der Waals surface area contributed by atoms with E-state index in [4.69, 9.17) is 4.74 Å². The van der Waals surface area contributed by atoms with Crippen molar-refractivity contribution in [2.75, 3.05) is 0 Å². The molecule has 0 atom stereocenters. The summed E-state index contributed by atoms with van der Waals surface area (Å²) in [5, 5.41) is 0. The monoisotopic (exact) mass is 288 g/mol. The van der Waals surface area contributed by atoms with Crippen molar-refractivity contribution in [1.82, 2.24) is 0 Å². The minimum Gasteiger partial charge on any atom is -0.489 e. The highest BCUT2D eigenvalue weighted by atomic mass is 16.5. The molecule has 0 unspecified atom stereocenters. The van der Waals surface area contributed by atoms with Crippen molar-refractivity contribution in [2.24, 2.45) is 0 Å². The zero-order valence-electron chi connectivity index (χ0n) is 13.0. The Labute approximate surface area is 132 Å². The van der Waals surface area contributed by atoms with Crippen molar-refractivity contribution in [2.45, 2.75) is 20.5 Å². The van der Waals surface area contributed by atoms with Crippen LogP contribution in [0.4, 0.5) is 0 Å². The standard InChI is InChI=1S/C21H20O/c1-16-12-17(2)14-20(13-16)19-8-10-21(11-9-19)22-15-18-6-4-3-5-7-18/h3-14H,15H2,1-2H3. The molecule has 0 saturated carbocycles. The van der Waals surface area contributed by atoms with Gasteiger partial charge in [-0.15, -0.1) is 0 Å². The van der Waals surface area contributed by atoms with E-state index in [1.54, 1.807) is 0 Å². The molecule has 0 aromatic heterocycles. The Hall–Kier alpha value is -2.54. The zero-order valence-corrected chi connectivity index (χ0v) is 13.0. The average Bonchev–Trinajstić information content (AvgIpc) is 2.53. The number of aryl methyl sites for hydroxylation is 2. The molecule has 0 saturated heterocycles. The van der Waals surface area contributed by atoms with Gasteiger partial charge in [-0.3, -0.25) is 0 Å². The van der Waals surface area contributed by atoms with Crippen molar-refractivity contribution in [1.29, 1.82) is 0 Å². The van der Waals surface area contributed by atoms with Gasteiger partial charge >= 0.3 is 0 Å². The second kappa shape index (κ2) is 6.48. The van der Waals surface area contributed by atoms with E-state index < -0.39 is 0 Å². The van der Waals surface area contributed by atoms with Crippen LogP contribution >= 0.6 is 0 Å². The maximum atomic E-state index is 5.83. The fourth-order valence-electron chi connectivity index (χ4n) is 2.63. The van der Waals surface area contributed by atoms with Gasteiger partial charge in [0, 0.05) is 0 Å². The van der Waals surface area contributed by atoms with Crippen LogP contribution in [0.1, 0.15) is 16.7 Å². The van der Waals surface area contributed by atoms with Gasteiger partial charge in [0.25, 0.3) is 0 Å². The maximum absolute atomic E-state index is 5.83. The summed E-state index contributed by atoms with van der Waals surface area (Å²) in [5.41, 5.74) is 6.24. The van der Waals surface area contributed by atoms with Crippen LogP contribution in [0.3, 0.4) is 0 Å². The Balaban J connectivity index is 1.72. The van der Waals surface area contributed by atoms with Crippen molar-refractivity contribution in [3.8, 4) is 16.9 Å². The number of benzene rings is 3. The highest BCUT2D eigenvalue weighted by Crippen LogP contribution is 2.24. The summed E-state index contributed by atoms with van der Waals surface area (Å²) in [4.78, 5) is 0. The zero-order chi connectivity index (χ0) is 15.4. The third-order valence-corrected chi connectivity index (χ3v) is 3.66. The van der Waals surface area contributed by atoms with Gasteiger partial charge in [-0.1, -0.05) is 71.8 Å². The van der Waals surface area contributed by atoms with Gasteiger partial charge < -0.3 is 4.74 Å². The van der Waals surface area contributed by atoms with Gasteiger partial charge in [0.2, 0.25) is 0 Å². The Morgan fingerprint density at radius 3 is 1.95 bits per heavy atom. The second-order valence-corrected chi connectivity index (χ2v) is 5.68. The molecule has 0 aliphatic heterocycles. The van der Waals surface area contributed by atoms with Crippen LogP contribution in [0.5, 0.6) is 5.75 Å². The molecule has 0 aliphatic rings. The largest absolute Gasteiger partial charge is 0.489 e. The fraction of sp³-hybridized carbons (Fsp3) is 0.143. The molecule has 3 aromatic rings. The molecule has 0 heterocycles. The van der Waals surface area contributed by atoms with E-state index in [1.165, 1.54) is 27.8 Å². The van der Waals surface area contributed by atoms with E-state index in [-0.39, 0.29) is 0 Å². The van der Waals surface area contributed by atoms with Crippen LogP contribution in [-0.4, -0.2) is 0 Å². The first-order valence-corrected chi connectivity index (χ1v) is 7.56. The summed E-state index contributed by atoms with van der Waals surface area (Å²) in [7, 11) is 0. The first-order chi connectivity index (χ1) is 10.7. The molecule has 3 rings (SSSR count). The molecule has 0 radical (unpaired) electrons. The molecule has 0 fully saturated rings. The Bertz CT molecular complexity index is 722. The van der Waals surface area contributed by atoms with Crippen LogP contribution in [0.25, 0.3) is 11.1 Å². The molecule has 22 heavy (non-hydrogen) atoms. The third kappa shape index (κ3) is 3.56. The summed E-state index contributed by atoms with van der Waals surface area (Å²) in [6.45, 7) is 4.87. The van der Waals surface area contributed by atoms with E-state index in [2.05, 4.69) is 56.3 Å². The number of hydrogen-bond acceptors (Lipinski definition) is 1. The molecule has 3 aromatic carbocycles. The molecule has 110 valence electrons. The molecule has 0 bridgehead atoms. The average molecular weight is 288 g/mol. The lowest BCUT2D eigenvalue weighted by atomic mass is 10.0. The SMILES string of the molecule is Cc1cc(C)cc(-c2ccc(OCc3ccccc3)cc2)c1. The molecule has 1 heteroatoms. The number of hydrogen-bond donors (Lipinski definition) is 0. The molecule has 0 amide bonds. The molecule has 1 nitrogen and oxygen atoms in total. The number of rotatable bonds is 4. The predicted octanol–water partition coefficient (Wildman–Crippen LogP) is 5.55. The van der Waals surface area contributed by atoms with Crippen LogP contribution in [0.2, 0.25) is 0 Å². The predicted molar refractivity (Wildman–Crippen MR) is 92.1 cm³/mol. The lowest BCUT2D eigenvalue weighted by Gasteiger charge is -2.09. The number of ether oxygens (including phenoxy) is 1. The first kappa shape index (κ1) is 14.4. The first-order valence-electron chi connectivity index (χ1n) is 7.56. The smallest absolute Gasteiger partial charge is 0.119 e. The minimum atomic E-state index is 0.601. The van der Waals surface area contributed by atoms with Crippen molar-refractivity contribution < 1.29 is 4.74 Å². The Morgan fingerprint density at radius 2 is 1.32 bits per heavy atom. The van der Waals surface area contributed by atoms with Crippen LogP contribution in [0.15, 0.2) is 72.8 Å². The fourth-order valence-corrected chi connectivity index (χ4v) is 2.63. The van der Waals surface area contributed by atoms with Gasteiger partial charge in [-0.25, -0.2) is 0 Å². The summed E-state index contributed by atoms with van der Waals surface area (Å²) in [5.74, 6) is 0.900. The van der Waals surface area contributed by atoms with Gasteiger partial charge in [0.05, 0.1) is 0 Å². The maximum Gasteiger partial charge on any atom is 0.119 e. The van der Waals surface area contributed by atoms with Crippen molar-refractivity contribution >= 4 is 0 Å². The molecule has 0 N–H and O–H groups in total. The lowest BCUT2D eigenvalue weighted by Crippen LogP contribution is -1.94. The highest BCUT2D eigenvalue weighted by molar-refractivity contribution is 5.65. The molecule has 0 aliphatic carbocycles. The lowest BCUT2D eigenvalue weighted by molar-refractivity contribution is 0.306. The van der Waals surface area contributed by atoms with E-state index in [0.717, 1.165) is 5.75 Å². The second-order valence-electron chi connectivity index (χ2n) is 5.68. The Kier molecular flexibility index (Phi) is 4.24. The summed E-state index contributed by atoms with van der Waals surface area (Å²) in [6, 6.07) is 25.2. The van der Waals surface area contributed by atoms with Crippen LogP contribution in [-0.2, 0) is 6.61 Å². The van der Waals surface area contributed by atoms with Crippen molar-refractivity contribution in [3.05, 3.63) is 89.5 Å². The van der Waals surface area contributed by atoms with Crippen molar-refractivity contribution in [3.63, 3.8) is 0 Å². The Morgan fingerprint density at radius 1 is 0.682 bits per heavy atom. The van der Waals surface area contributed by atoms with Gasteiger partial charge in [-0.2, -0.15) is 0 Å². The van der Waals surface area contributed by atoms with E-state index in [1.807, 2.05) is 30.3 Å². The van der Waals surface area contributed by atoms with Gasteiger partial charge in [-0.05, 0) is 42.7 Å². The van der Waals surface area contributed by atoms with Crippen LogP contribution < -0.4 is 4.74 Å². The normalized spacial score (nSPS) is 10.5. The van der Waals surface area contributed by atoms with E-state index in [9.17, 15) is 0 Å². The molecule has 0 spiro atoms. The van der Waals surface area contributed by atoms with Crippen LogP contribution in [0, 0.1) is 13.8 Å². The quantitative estimate of drug-likeness (QED) is 0.611. The topological polar surface area (TPSA) is 9.23 Å². The minimum absolute atomic E-state index is 0.601.